The minimum atomic E-state index is 0.288. The van der Waals surface area contributed by atoms with Gasteiger partial charge in [0.1, 0.15) is 18.5 Å². The van der Waals surface area contributed by atoms with Crippen LogP contribution >= 0.6 is 0 Å². The number of nitrogens with zero attached hydrogens (tertiary/aromatic N) is 1. The van der Waals surface area contributed by atoms with E-state index in [2.05, 4.69) is 4.99 Å². The average molecular weight is 253 g/mol. The van der Waals surface area contributed by atoms with Crippen LogP contribution in [0.2, 0.25) is 0 Å². The van der Waals surface area contributed by atoms with Crippen molar-refractivity contribution in [2.24, 2.45) is 4.99 Å². The lowest BCUT2D eigenvalue weighted by Gasteiger charge is -2.03. The highest BCUT2D eigenvalue weighted by molar-refractivity contribution is 5.81. The van der Waals surface area contributed by atoms with Crippen LogP contribution in [-0.4, -0.2) is 25.5 Å². The lowest BCUT2D eigenvalue weighted by molar-refractivity contribution is 0.263. The van der Waals surface area contributed by atoms with Crippen LogP contribution in [0.5, 0.6) is 5.75 Å². The smallest absolute Gasteiger partial charge is 0.119 e. The van der Waals surface area contributed by atoms with Gasteiger partial charge in [0.15, 0.2) is 0 Å². The Labute approximate surface area is 112 Å². The van der Waals surface area contributed by atoms with E-state index in [9.17, 15) is 0 Å². The van der Waals surface area contributed by atoms with Crippen LogP contribution in [0.1, 0.15) is 5.56 Å². The average Bonchev–Trinajstić information content (AvgIpc) is 3.29. The van der Waals surface area contributed by atoms with Crippen molar-refractivity contribution in [2.75, 3.05) is 13.2 Å². The number of hydrogen-bond donors (Lipinski definition) is 0. The van der Waals surface area contributed by atoms with Crippen LogP contribution in [0, 0.1) is 0 Å². The van der Waals surface area contributed by atoms with Crippen molar-refractivity contribution < 1.29 is 9.47 Å². The molecule has 96 valence electrons. The summed E-state index contributed by atoms with van der Waals surface area (Å²) in [5.41, 5.74) is 2.01. The van der Waals surface area contributed by atoms with Gasteiger partial charge in [0.2, 0.25) is 0 Å². The van der Waals surface area contributed by atoms with E-state index in [1.165, 1.54) is 0 Å². The van der Waals surface area contributed by atoms with Crippen molar-refractivity contribution in [3.05, 3.63) is 60.2 Å². The van der Waals surface area contributed by atoms with Crippen molar-refractivity contribution in [3.63, 3.8) is 0 Å². The molecule has 1 aliphatic rings. The molecule has 0 amide bonds. The fraction of sp³-hybridized carbons (Fsp3) is 0.188. The molecule has 3 rings (SSSR count). The Morgan fingerprint density at radius 3 is 2.53 bits per heavy atom. The predicted octanol–water partition coefficient (Wildman–Crippen LogP) is 3.21. The van der Waals surface area contributed by atoms with Crippen LogP contribution in [0.3, 0.4) is 0 Å². The molecule has 1 unspecified atom stereocenters. The highest BCUT2D eigenvalue weighted by Crippen LogP contribution is 2.19. The third-order valence-electron chi connectivity index (χ3n) is 2.84. The van der Waals surface area contributed by atoms with Gasteiger partial charge in [-0.1, -0.05) is 30.3 Å². The third-order valence-corrected chi connectivity index (χ3v) is 2.84. The van der Waals surface area contributed by atoms with Gasteiger partial charge < -0.3 is 9.47 Å². The van der Waals surface area contributed by atoms with Crippen molar-refractivity contribution in [2.45, 2.75) is 6.10 Å². The van der Waals surface area contributed by atoms with E-state index >= 15 is 0 Å². The highest BCUT2D eigenvalue weighted by Gasteiger charge is 2.22. The highest BCUT2D eigenvalue weighted by atomic mass is 16.6. The van der Waals surface area contributed by atoms with Crippen molar-refractivity contribution in [3.8, 4) is 5.75 Å². The van der Waals surface area contributed by atoms with E-state index in [0.717, 1.165) is 23.6 Å². The molecule has 1 saturated heterocycles. The van der Waals surface area contributed by atoms with Gasteiger partial charge in [-0.05, 0) is 29.8 Å². The lowest BCUT2D eigenvalue weighted by atomic mass is 10.2. The van der Waals surface area contributed by atoms with E-state index < -0.39 is 0 Å². The monoisotopic (exact) mass is 253 g/mol. The standard InChI is InChI=1S/C16H15NO2/c1-2-4-13(5-3-1)10-17-14-6-8-15(9-7-14)18-11-16-12-19-16/h1-10,16H,11-12H2. The SMILES string of the molecule is C(=Nc1ccc(OCC2CO2)cc1)c1ccccc1. The molecule has 3 nitrogen and oxygen atoms in total. The summed E-state index contributed by atoms with van der Waals surface area (Å²) in [6.45, 7) is 1.45. The number of epoxide rings is 1. The van der Waals surface area contributed by atoms with Gasteiger partial charge in [0.05, 0.1) is 12.3 Å². The van der Waals surface area contributed by atoms with E-state index in [1.54, 1.807) is 0 Å². The molecular formula is C16H15NO2. The first-order valence-electron chi connectivity index (χ1n) is 6.34. The van der Waals surface area contributed by atoms with Crippen LogP contribution in [0.25, 0.3) is 0 Å². The number of aliphatic imine (C=N–C) groups is 1. The molecule has 1 atom stereocenters. The summed E-state index contributed by atoms with van der Waals surface area (Å²) >= 11 is 0. The molecule has 3 heteroatoms. The fourth-order valence-corrected chi connectivity index (χ4v) is 1.67. The summed E-state index contributed by atoms with van der Waals surface area (Å²) in [5.74, 6) is 0.856. The van der Waals surface area contributed by atoms with Gasteiger partial charge in [0.25, 0.3) is 0 Å². The van der Waals surface area contributed by atoms with Gasteiger partial charge in [-0.2, -0.15) is 0 Å². The maximum absolute atomic E-state index is 5.57. The third kappa shape index (κ3) is 3.66. The zero-order valence-corrected chi connectivity index (χ0v) is 10.5. The van der Waals surface area contributed by atoms with Crippen LogP contribution in [0.4, 0.5) is 5.69 Å². The van der Waals surface area contributed by atoms with E-state index in [1.807, 2.05) is 60.8 Å². The predicted molar refractivity (Wildman–Crippen MR) is 75.4 cm³/mol. The van der Waals surface area contributed by atoms with Crippen LogP contribution < -0.4 is 4.74 Å². The summed E-state index contributed by atoms with van der Waals surface area (Å²) in [6.07, 6.45) is 2.14. The normalized spacial score (nSPS) is 17.6. The van der Waals surface area contributed by atoms with Gasteiger partial charge in [0, 0.05) is 6.21 Å². The zero-order chi connectivity index (χ0) is 12.9. The Hall–Kier alpha value is -2.13. The maximum Gasteiger partial charge on any atom is 0.119 e. The van der Waals surface area contributed by atoms with Gasteiger partial charge in [-0.25, -0.2) is 0 Å². The molecule has 0 aromatic heterocycles. The largest absolute Gasteiger partial charge is 0.491 e. The summed E-state index contributed by atoms with van der Waals surface area (Å²) in [7, 11) is 0. The number of ether oxygens (including phenoxy) is 2. The summed E-state index contributed by atoms with van der Waals surface area (Å²) in [6, 6.07) is 17.8. The minimum absolute atomic E-state index is 0.288. The fourth-order valence-electron chi connectivity index (χ4n) is 1.67. The van der Waals surface area contributed by atoms with Crippen molar-refractivity contribution >= 4 is 11.9 Å². The molecule has 0 spiro atoms. The van der Waals surface area contributed by atoms with Crippen LogP contribution in [-0.2, 0) is 4.74 Å². The number of hydrogen-bond acceptors (Lipinski definition) is 3. The van der Waals surface area contributed by atoms with Crippen molar-refractivity contribution in [1.82, 2.24) is 0 Å². The van der Waals surface area contributed by atoms with E-state index in [-0.39, 0.29) is 6.10 Å². The molecule has 0 N–H and O–H groups in total. The molecule has 0 saturated carbocycles. The molecule has 1 aliphatic heterocycles. The topological polar surface area (TPSA) is 34.1 Å². The van der Waals surface area contributed by atoms with Gasteiger partial charge in [-0.15, -0.1) is 0 Å². The molecular weight excluding hydrogens is 238 g/mol. The first-order valence-corrected chi connectivity index (χ1v) is 6.34. The van der Waals surface area contributed by atoms with Crippen molar-refractivity contribution in [1.29, 1.82) is 0 Å². The van der Waals surface area contributed by atoms with Gasteiger partial charge in [-0.3, -0.25) is 4.99 Å². The first kappa shape index (κ1) is 11.9. The molecule has 2 aromatic rings. The van der Waals surface area contributed by atoms with E-state index in [4.69, 9.17) is 9.47 Å². The Bertz CT molecular complexity index is 545. The summed E-state index contributed by atoms with van der Waals surface area (Å²) < 4.78 is 10.7. The summed E-state index contributed by atoms with van der Waals surface area (Å²) in [4.78, 5) is 4.42. The second-order valence-electron chi connectivity index (χ2n) is 4.43. The maximum atomic E-state index is 5.57. The van der Waals surface area contributed by atoms with Crippen LogP contribution in [0.15, 0.2) is 59.6 Å². The lowest BCUT2D eigenvalue weighted by Crippen LogP contribution is -2.03. The Morgan fingerprint density at radius 1 is 1.11 bits per heavy atom. The minimum Gasteiger partial charge on any atom is -0.491 e. The molecule has 0 aliphatic carbocycles. The second kappa shape index (κ2) is 5.67. The zero-order valence-electron chi connectivity index (χ0n) is 10.5. The molecule has 1 fully saturated rings. The molecule has 1 heterocycles. The Morgan fingerprint density at radius 2 is 1.84 bits per heavy atom. The molecule has 2 aromatic carbocycles. The van der Waals surface area contributed by atoms with E-state index in [0.29, 0.717) is 6.61 Å². The first-order chi connectivity index (χ1) is 9.40. The number of benzene rings is 2. The molecule has 0 bridgehead atoms. The Kier molecular flexibility index (Phi) is 3.56. The van der Waals surface area contributed by atoms with Gasteiger partial charge >= 0.3 is 0 Å². The quantitative estimate of drug-likeness (QED) is 0.605. The molecule has 19 heavy (non-hydrogen) atoms. The second-order valence-corrected chi connectivity index (χ2v) is 4.43. The molecule has 0 radical (unpaired) electrons. The Balaban J connectivity index is 1.60. The summed E-state index contributed by atoms with van der Waals surface area (Å²) in [5, 5.41) is 0. The number of rotatable bonds is 5.